The number of carbonyl (C=O) groups excluding carboxylic acids is 1. The fourth-order valence-electron chi connectivity index (χ4n) is 1.66. The van der Waals surface area contributed by atoms with Gasteiger partial charge in [-0.25, -0.2) is 5.84 Å². The van der Waals surface area contributed by atoms with E-state index in [0.717, 1.165) is 12.0 Å². The van der Waals surface area contributed by atoms with Crippen molar-refractivity contribution in [2.45, 2.75) is 6.42 Å². The van der Waals surface area contributed by atoms with Crippen molar-refractivity contribution in [1.82, 2.24) is 9.99 Å². The van der Waals surface area contributed by atoms with Crippen LogP contribution in [0.5, 0.6) is 0 Å². The van der Waals surface area contributed by atoms with Crippen molar-refractivity contribution in [3.05, 3.63) is 66.0 Å². The summed E-state index contributed by atoms with van der Waals surface area (Å²) >= 11 is 0. The van der Waals surface area contributed by atoms with Crippen LogP contribution in [0.1, 0.15) is 15.9 Å². The molecule has 1 heterocycles. The number of pyridine rings is 1. The highest BCUT2D eigenvalue weighted by molar-refractivity contribution is 5.93. The zero-order valence-corrected chi connectivity index (χ0v) is 9.99. The highest BCUT2D eigenvalue weighted by Gasteiger charge is 2.11. The van der Waals surface area contributed by atoms with Gasteiger partial charge in [0.15, 0.2) is 0 Å². The largest absolute Gasteiger partial charge is 0.276 e. The van der Waals surface area contributed by atoms with Crippen molar-refractivity contribution in [3.8, 4) is 0 Å². The number of rotatable bonds is 4. The van der Waals surface area contributed by atoms with Crippen LogP contribution in [-0.4, -0.2) is 22.4 Å². The minimum absolute atomic E-state index is 0.187. The zero-order valence-electron chi connectivity index (χ0n) is 9.99. The van der Waals surface area contributed by atoms with Gasteiger partial charge in [0.2, 0.25) is 0 Å². The molecule has 0 unspecified atom stereocenters. The number of hydrazine groups is 1. The van der Waals surface area contributed by atoms with Crippen LogP contribution in [0.4, 0.5) is 0 Å². The molecule has 92 valence electrons. The van der Waals surface area contributed by atoms with Gasteiger partial charge in [-0.1, -0.05) is 30.3 Å². The third-order valence-corrected chi connectivity index (χ3v) is 2.67. The van der Waals surface area contributed by atoms with E-state index in [4.69, 9.17) is 5.84 Å². The van der Waals surface area contributed by atoms with Gasteiger partial charge in [-0.15, -0.1) is 0 Å². The number of aromatic nitrogens is 1. The van der Waals surface area contributed by atoms with Crippen molar-refractivity contribution in [3.63, 3.8) is 0 Å². The Kier molecular flexibility index (Phi) is 4.04. The molecule has 0 fully saturated rings. The van der Waals surface area contributed by atoms with Gasteiger partial charge in [0.1, 0.15) is 0 Å². The lowest BCUT2D eigenvalue weighted by atomic mass is 10.1. The fraction of sp³-hybridized carbons (Fsp3) is 0.143. The lowest BCUT2D eigenvalue weighted by Crippen LogP contribution is -2.38. The van der Waals surface area contributed by atoms with Crippen LogP contribution in [-0.2, 0) is 6.42 Å². The van der Waals surface area contributed by atoms with Crippen LogP contribution in [0.15, 0.2) is 54.9 Å². The van der Waals surface area contributed by atoms with E-state index in [2.05, 4.69) is 4.98 Å². The smallest absolute Gasteiger partial charge is 0.267 e. The molecule has 4 heteroatoms. The second-order valence-corrected chi connectivity index (χ2v) is 3.97. The quantitative estimate of drug-likeness (QED) is 0.503. The number of benzene rings is 1. The van der Waals surface area contributed by atoms with Crippen molar-refractivity contribution in [1.29, 1.82) is 0 Å². The summed E-state index contributed by atoms with van der Waals surface area (Å²) in [6.07, 6.45) is 3.91. The number of hydrogen-bond acceptors (Lipinski definition) is 3. The van der Waals surface area contributed by atoms with Gasteiger partial charge in [0.25, 0.3) is 5.91 Å². The highest BCUT2D eigenvalue weighted by atomic mass is 16.2. The Hall–Kier alpha value is -2.20. The topological polar surface area (TPSA) is 59.2 Å². The van der Waals surface area contributed by atoms with Crippen LogP contribution in [0, 0.1) is 0 Å². The third-order valence-electron chi connectivity index (χ3n) is 2.67. The van der Waals surface area contributed by atoms with Crippen LogP contribution >= 0.6 is 0 Å². The first-order valence-electron chi connectivity index (χ1n) is 5.78. The second kappa shape index (κ2) is 5.93. The van der Waals surface area contributed by atoms with Gasteiger partial charge in [0, 0.05) is 24.5 Å². The Morgan fingerprint density at radius 1 is 1.11 bits per heavy atom. The van der Waals surface area contributed by atoms with E-state index in [-0.39, 0.29) is 5.91 Å². The van der Waals surface area contributed by atoms with E-state index < -0.39 is 0 Å². The molecule has 1 aromatic heterocycles. The summed E-state index contributed by atoms with van der Waals surface area (Å²) in [6.45, 7) is 0.491. The predicted octanol–water partition coefficient (Wildman–Crippen LogP) is 1.64. The lowest BCUT2D eigenvalue weighted by Gasteiger charge is -2.16. The van der Waals surface area contributed by atoms with Crippen LogP contribution in [0.3, 0.4) is 0 Å². The summed E-state index contributed by atoms with van der Waals surface area (Å²) in [5.74, 6) is 5.57. The van der Waals surface area contributed by atoms with E-state index >= 15 is 0 Å². The third kappa shape index (κ3) is 3.15. The van der Waals surface area contributed by atoms with Crippen molar-refractivity contribution >= 4 is 5.91 Å². The molecule has 0 saturated carbocycles. The number of nitrogens with zero attached hydrogens (tertiary/aromatic N) is 2. The fourth-order valence-corrected chi connectivity index (χ4v) is 1.66. The monoisotopic (exact) mass is 241 g/mol. The molecule has 2 N–H and O–H groups in total. The molecule has 18 heavy (non-hydrogen) atoms. The van der Waals surface area contributed by atoms with Gasteiger partial charge < -0.3 is 0 Å². The van der Waals surface area contributed by atoms with E-state index in [0.29, 0.717) is 12.1 Å². The lowest BCUT2D eigenvalue weighted by molar-refractivity contribution is 0.0757. The number of nitrogens with two attached hydrogens (primary N) is 1. The second-order valence-electron chi connectivity index (χ2n) is 3.97. The SMILES string of the molecule is NN(CCc1ccccc1)C(=O)c1ccncc1. The summed E-state index contributed by atoms with van der Waals surface area (Å²) in [6, 6.07) is 13.3. The molecule has 4 nitrogen and oxygen atoms in total. The molecule has 0 aliphatic rings. The maximum Gasteiger partial charge on any atom is 0.267 e. The Labute approximate surface area is 106 Å². The molecule has 0 radical (unpaired) electrons. The van der Waals surface area contributed by atoms with Crippen molar-refractivity contribution in [2.24, 2.45) is 5.84 Å². The molecule has 0 spiro atoms. The highest BCUT2D eigenvalue weighted by Crippen LogP contribution is 2.03. The molecule has 0 aliphatic heterocycles. The van der Waals surface area contributed by atoms with Crippen molar-refractivity contribution in [2.75, 3.05) is 6.54 Å². The summed E-state index contributed by atoms with van der Waals surface area (Å²) in [4.78, 5) is 15.8. The molecule has 0 aliphatic carbocycles. The minimum atomic E-state index is -0.187. The van der Waals surface area contributed by atoms with E-state index in [9.17, 15) is 4.79 Å². The molecule has 2 aromatic rings. The molecule has 2 rings (SSSR count). The predicted molar refractivity (Wildman–Crippen MR) is 69.6 cm³/mol. The van der Waals surface area contributed by atoms with Crippen LogP contribution < -0.4 is 5.84 Å². The van der Waals surface area contributed by atoms with E-state index in [1.165, 1.54) is 5.01 Å². The molecule has 0 atom stereocenters. The van der Waals surface area contributed by atoms with E-state index in [1.54, 1.807) is 24.5 Å². The van der Waals surface area contributed by atoms with Gasteiger partial charge in [-0.3, -0.25) is 14.8 Å². The Morgan fingerprint density at radius 2 is 1.78 bits per heavy atom. The first kappa shape index (κ1) is 12.3. The maximum atomic E-state index is 11.9. The molecular formula is C14H15N3O. The number of amides is 1. The normalized spacial score (nSPS) is 10.1. The summed E-state index contributed by atoms with van der Waals surface area (Å²) in [5.41, 5.74) is 1.72. The Balaban J connectivity index is 1.93. The average molecular weight is 241 g/mol. The summed E-state index contributed by atoms with van der Waals surface area (Å²) in [7, 11) is 0. The Bertz CT molecular complexity index is 499. The van der Waals surface area contributed by atoms with Crippen LogP contribution in [0.25, 0.3) is 0 Å². The number of carbonyl (C=O) groups is 1. The van der Waals surface area contributed by atoms with Gasteiger partial charge in [0.05, 0.1) is 0 Å². The van der Waals surface area contributed by atoms with Gasteiger partial charge in [-0.05, 0) is 24.1 Å². The van der Waals surface area contributed by atoms with Crippen molar-refractivity contribution < 1.29 is 4.79 Å². The molecular weight excluding hydrogens is 226 g/mol. The molecule has 0 saturated heterocycles. The first-order chi connectivity index (χ1) is 8.77. The van der Waals surface area contributed by atoms with E-state index in [1.807, 2.05) is 30.3 Å². The summed E-state index contributed by atoms with van der Waals surface area (Å²) in [5, 5.41) is 1.24. The molecule has 1 amide bonds. The average Bonchev–Trinajstić information content (AvgIpc) is 2.46. The molecule has 1 aromatic carbocycles. The Morgan fingerprint density at radius 3 is 2.44 bits per heavy atom. The summed E-state index contributed by atoms with van der Waals surface area (Å²) < 4.78 is 0. The standard InChI is InChI=1S/C14H15N3O/c15-17(11-8-12-4-2-1-3-5-12)14(18)13-6-9-16-10-7-13/h1-7,9-10H,8,11,15H2. The first-order valence-corrected chi connectivity index (χ1v) is 5.78. The maximum absolute atomic E-state index is 11.9. The van der Waals surface area contributed by atoms with Gasteiger partial charge in [-0.2, -0.15) is 0 Å². The molecule has 0 bridgehead atoms. The number of hydrogen-bond donors (Lipinski definition) is 1. The van der Waals surface area contributed by atoms with Crippen LogP contribution in [0.2, 0.25) is 0 Å². The van der Waals surface area contributed by atoms with Gasteiger partial charge >= 0.3 is 0 Å². The zero-order chi connectivity index (χ0) is 12.8. The minimum Gasteiger partial charge on any atom is -0.276 e.